The number of hydrogen-bond acceptors (Lipinski definition) is 2. The van der Waals surface area contributed by atoms with Crippen LogP contribution in [0.1, 0.15) is 14.9 Å². The fourth-order valence-electron chi connectivity index (χ4n) is 9.56. The Bertz CT molecular complexity index is 3340. The van der Waals surface area contributed by atoms with Gasteiger partial charge in [0.2, 0.25) is 0 Å². The highest BCUT2D eigenvalue weighted by Crippen LogP contribution is 2.42. The second-order valence-electron chi connectivity index (χ2n) is 16.2. The van der Waals surface area contributed by atoms with E-state index in [2.05, 4.69) is 274 Å². The average molecular weight is 862 g/mol. The Morgan fingerprint density at radius 2 is 0.522 bits per heavy atom. The van der Waals surface area contributed by atoms with E-state index in [-0.39, 0.29) is 23.3 Å². The zero-order chi connectivity index (χ0) is 42.4. The van der Waals surface area contributed by atoms with Crippen molar-refractivity contribution in [1.29, 1.82) is 0 Å². The van der Waals surface area contributed by atoms with Gasteiger partial charge in [0.1, 0.15) is 0 Å². The Hall–Kier alpha value is -8.54. The van der Waals surface area contributed by atoms with Gasteiger partial charge in [-0.1, -0.05) is 148 Å². The number of benzene rings is 10. The zero-order valence-electron chi connectivity index (χ0n) is 35.6. The lowest BCUT2D eigenvalue weighted by molar-refractivity contribution is 1.18. The van der Waals surface area contributed by atoms with Crippen LogP contribution in [0.25, 0.3) is 66.1 Å². The molecule has 0 aliphatic carbocycles. The normalized spacial score (nSPS) is 10.9. The minimum Gasteiger partial charge on any atom is -0.310 e. The third-order valence-corrected chi connectivity index (χ3v) is 12.5. The molecule has 67 heavy (non-hydrogen) atoms. The van der Waals surface area contributed by atoms with Gasteiger partial charge in [0.25, 0.3) is 0 Å². The molecule has 0 spiro atoms. The van der Waals surface area contributed by atoms with E-state index in [1.165, 1.54) is 43.6 Å². The van der Waals surface area contributed by atoms with Crippen molar-refractivity contribution in [2.24, 2.45) is 0 Å². The highest BCUT2D eigenvalue weighted by molar-refractivity contribution is 6.12. The first kappa shape index (κ1) is 43.7. The van der Waals surface area contributed by atoms with Gasteiger partial charge < -0.3 is 18.9 Å². The van der Waals surface area contributed by atoms with Crippen LogP contribution in [0.3, 0.4) is 0 Å². The van der Waals surface area contributed by atoms with Crippen LogP contribution < -0.4 is 9.80 Å². The molecule has 0 aliphatic heterocycles. The van der Waals surface area contributed by atoms with Crippen molar-refractivity contribution in [1.82, 2.24) is 9.13 Å². The van der Waals surface area contributed by atoms with Crippen molar-refractivity contribution in [3.63, 3.8) is 0 Å². The quantitative estimate of drug-likeness (QED) is 0.134. The molecule has 10 aromatic carbocycles. The van der Waals surface area contributed by atoms with Gasteiger partial charge in [-0.05, 0) is 132 Å². The fraction of sp³-hybridized carbons (Fsp3) is 0.0323. The summed E-state index contributed by atoms with van der Waals surface area (Å²) in [5.74, 6) is 0. The summed E-state index contributed by atoms with van der Waals surface area (Å²) in [5.41, 5.74) is 16.0. The molecule has 0 fully saturated rings. The van der Waals surface area contributed by atoms with Crippen molar-refractivity contribution in [2.75, 3.05) is 9.80 Å². The van der Waals surface area contributed by atoms with E-state index in [4.69, 9.17) is 0 Å². The molecular weight excluding hydrogens is 812 g/mol. The lowest BCUT2D eigenvalue weighted by Gasteiger charge is -2.26. The number of fused-ring (bicyclic) bond motifs is 6. The van der Waals surface area contributed by atoms with Crippen LogP contribution in [0.5, 0.6) is 0 Å². The summed E-state index contributed by atoms with van der Waals surface area (Å²) in [6, 6.07) is 91.6. The summed E-state index contributed by atoms with van der Waals surface area (Å²) in [4.78, 5) is 4.71. The third kappa shape index (κ3) is 7.71. The van der Waals surface area contributed by atoms with Crippen LogP contribution in [0.2, 0.25) is 0 Å². The van der Waals surface area contributed by atoms with Crippen molar-refractivity contribution in [3.05, 3.63) is 255 Å². The van der Waals surface area contributed by atoms with Gasteiger partial charge in [0.15, 0.2) is 0 Å². The SMILES string of the molecule is C.C.[B].c1ccc(N(c2ccc(-c3ccc(N(c4ccccc4)c4ccc5c(c4)c4ccccc4n5-c4ccccc4)cc3)cc2)c2ccc3c(c2)c2ccccc2n3-c2ccccc2)cc1. The summed E-state index contributed by atoms with van der Waals surface area (Å²) in [7, 11) is 0. The van der Waals surface area contributed by atoms with Gasteiger partial charge in [-0.25, -0.2) is 0 Å². The summed E-state index contributed by atoms with van der Waals surface area (Å²) in [5, 5.41) is 4.91. The molecule has 0 unspecified atom stereocenters. The van der Waals surface area contributed by atoms with Crippen LogP contribution in [0.4, 0.5) is 34.1 Å². The van der Waals surface area contributed by atoms with Crippen LogP contribution >= 0.6 is 0 Å². The zero-order valence-corrected chi connectivity index (χ0v) is 35.6. The highest BCUT2D eigenvalue weighted by Gasteiger charge is 2.20. The van der Waals surface area contributed by atoms with E-state index in [1.807, 2.05) is 0 Å². The standard InChI is InChI=1S/C60H42N4.2CH4.B/c1-5-17-45(18-6-1)61(51-37-39-59-55(41-51)53-25-13-15-27-57(53)63(59)47-21-9-3-10-22-47)49-33-29-43(30-34-49)44-31-35-50(36-32-44)62(46-19-7-2-8-20-46)52-38-40-60-56(42-52)54-26-14-16-28-58(54)64(60)48-23-11-4-12-24-48;;;/h1-42H;2*1H4;. The van der Waals surface area contributed by atoms with Gasteiger partial charge in [0, 0.05) is 75.5 Å². The highest BCUT2D eigenvalue weighted by atomic mass is 15.1. The van der Waals surface area contributed by atoms with Gasteiger partial charge >= 0.3 is 0 Å². The van der Waals surface area contributed by atoms with E-state index >= 15 is 0 Å². The summed E-state index contributed by atoms with van der Waals surface area (Å²) in [6.45, 7) is 0. The average Bonchev–Trinajstić information content (AvgIpc) is 3.88. The predicted molar refractivity (Wildman–Crippen MR) is 289 cm³/mol. The Labute approximate surface area is 395 Å². The first-order valence-electron chi connectivity index (χ1n) is 21.8. The molecule has 5 heteroatoms. The molecule has 0 aliphatic rings. The molecule has 2 aromatic heterocycles. The van der Waals surface area contributed by atoms with Crippen molar-refractivity contribution < 1.29 is 0 Å². The van der Waals surface area contributed by atoms with E-state index < -0.39 is 0 Å². The lowest BCUT2D eigenvalue weighted by atomic mass is 10.0. The molecule has 0 atom stereocenters. The van der Waals surface area contributed by atoms with Gasteiger partial charge in [-0.3, -0.25) is 0 Å². The van der Waals surface area contributed by atoms with E-state index in [0.717, 1.165) is 56.6 Å². The number of hydrogen-bond donors (Lipinski definition) is 0. The minimum absolute atomic E-state index is 0. The molecule has 2 heterocycles. The van der Waals surface area contributed by atoms with Gasteiger partial charge in [0.05, 0.1) is 22.1 Å². The van der Waals surface area contributed by atoms with Gasteiger partial charge in [-0.15, -0.1) is 0 Å². The smallest absolute Gasteiger partial charge is 0.0542 e. The van der Waals surface area contributed by atoms with E-state index in [0.29, 0.717) is 0 Å². The molecule has 321 valence electrons. The Morgan fingerprint density at radius 1 is 0.239 bits per heavy atom. The Balaban J connectivity index is 0.00000187. The number of aromatic nitrogens is 2. The maximum absolute atomic E-state index is 2.37. The van der Waals surface area contributed by atoms with Crippen LogP contribution in [0, 0.1) is 0 Å². The van der Waals surface area contributed by atoms with Crippen LogP contribution in [-0.2, 0) is 0 Å². The van der Waals surface area contributed by atoms with Crippen molar-refractivity contribution in [2.45, 2.75) is 14.9 Å². The maximum atomic E-state index is 2.37. The molecule has 3 radical (unpaired) electrons. The molecule has 4 nitrogen and oxygen atoms in total. The number of nitrogens with zero attached hydrogens (tertiary/aromatic N) is 4. The maximum Gasteiger partial charge on any atom is 0.0542 e. The second kappa shape index (κ2) is 18.5. The lowest BCUT2D eigenvalue weighted by Crippen LogP contribution is -2.10. The topological polar surface area (TPSA) is 16.3 Å². The number of anilines is 6. The molecule has 0 saturated heterocycles. The van der Waals surface area contributed by atoms with Crippen LogP contribution in [0.15, 0.2) is 255 Å². The molecule has 0 saturated carbocycles. The fourth-order valence-corrected chi connectivity index (χ4v) is 9.56. The van der Waals surface area contributed by atoms with E-state index in [1.54, 1.807) is 0 Å². The monoisotopic (exact) mass is 861 g/mol. The number of para-hydroxylation sites is 6. The second-order valence-corrected chi connectivity index (χ2v) is 16.2. The molecule has 0 bridgehead atoms. The van der Waals surface area contributed by atoms with Crippen LogP contribution in [-0.4, -0.2) is 17.5 Å². The summed E-state index contributed by atoms with van der Waals surface area (Å²) < 4.78 is 4.73. The molecule has 0 N–H and O–H groups in total. The minimum atomic E-state index is 0. The van der Waals surface area contributed by atoms with Crippen molar-refractivity contribution >= 4 is 86.1 Å². The molecule has 12 rings (SSSR count). The van der Waals surface area contributed by atoms with Gasteiger partial charge in [-0.2, -0.15) is 0 Å². The Morgan fingerprint density at radius 3 is 0.896 bits per heavy atom. The Kier molecular flexibility index (Phi) is 12.1. The molecule has 0 amide bonds. The largest absolute Gasteiger partial charge is 0.310 e. The number of rotatable bonds is 9. The predicted octanol–water partition coefficient (Wildman–Crippen LogP) is 17.4. The first-order chi connectivity index (χ1) is 31.8. The summed E-state index contributed by atoms with van der Waals surface area (Å²) in [6.07, 6.45) is 0. The summed E-state index contributed by atoms with van der Waals surface area (Å²) >= 11 is 0. The van der Waals surface area contributed by atoms with E-state index in [9.17, 15) is 0 Å². The molecule has 12 aromatic rings. The first-order valence-corrected chi connectivity index (χ1v) is 21.8. The van der Waals surface area contributed by atoms with Crippen molar-refractivity contribution in [3.8, 4) is 22.5 Å². The molecular formula is C62H50BN4. The third-order valence-electron chi connectivity index (χ3n) is 12.5.